The van der Waals surface area contributed by atoms with Gasteiger partial charge in [0.2, 0.25) is 5.78 Å². The molecule has 8 nitrogen and oxygen atoms in total. The maximum atomic E-state index is 14.0. The zero-order valence-electron chi connectivity index (χ0n) is 23.4. The zero-order valence-corrected chi connectivity index (χ0v) is 27.4. The minimum Gasteiger partial charge on any atom is -0.355 e. The summed E-state index contributed by atoms with van der Waals surface area (Å²) in [4.78, 5) is 23.4. The standard InChI is InChI=1S/C27H38ClN7OS4/c1-4-10-31-12-16-33(17-13-31)26(37)39-25(40-27(38)34-18-14-32(11-5-2)15-19-34)24(36)23-20(3)35(30-29-23)22-8-6-21(28)7-9-22/h6-9,25H,4-5,10-19H2,1-3H3. The van der Waals surface area contributed by atoms with Crippen molar-refractivity contribution in [1.29, 1.82) is 0 Å². The van der Waals surface area contributed by atoms with Crippen molar-refractivity contribution in [3.8, 4) is 5.69 Å². The van der Waals surface area contributed by atoms with Gasteiger partial charge in [-0.2, -0.15) is 0 Å². The first-order valence-corrected chi connectivity index (χ1v) is 16.8. The number of hydrogen-bond donors (Lipinski definition) is 0. The highest BCUT2D eigenvalue weighted by molar-refractivity contribution is 8.37. The summed E-state index contributed by atoms with van der Waals surface area (Å²) < 4.78 is 2.60. The molecule has 1 aromatic carbocycles. The maximum absolute atomic E-state index is 14.0. The number of carbonyl (C=O) groups is 1. The van der Waals surface area contributed by atoms with Crippen molar-refractivity contribution in [3.63, 3.8) is 0 Å². The van der Waals surface area contributed by atoms with Crippen molar-refractivity contribution in [2.75, 3.05) is 65.4 Å². The number of Topliss-reactive ketones (excluding diaryl/α,β-unsaturated/α-hetero) is 1. The molecule has 0 bridgehead atoms. The zero-order chi connectivity index (χ0) is 28.6. The molecule has 40 heavy (non-hydrogen) atoms. The minimum absolute atomic E-state index is 0.119. The smallest absolute Gasteiger partial charge is 0.208 e. The molecule has 0 N–H and O–H groups in total. The van der Waals surface area contributed by atoms with Crippen molar-refractivity contribution in [2.45, 2.75) is 38.2 Å². The Morgan fingerprint density at radius 1 is 0.875 bits per heavy atom. The summed E-state index contributed by atoms with van der Waals surface area (Å²) in [5, 5.41) is 9.25. The quantitative estimate of drug-likeness (QED) is 0.215. The number of thioether (sulfide) groups is 2. The predicted molar refractivity (Wildman–Crippen MR) is 176 cm³/mol. The summed E-state index contributed by atoms with van der Waals surface area (Å²) in [7, 11) is 0. The normalized spacial score (nSPS) is 17.0. The van der Waals surface area contributed by atoms with E-state index in [1.807, 2.05) is 19.1 Å². The predicted octanol–water partition coefficient (Wildman–Crippen LogP) is 4.83. The number of halogens is 1. The van der Waals surface area contributed by atoms with Gasteiger partial charge in [0.1, 0.15) is 13.2 Å². The number of benzene rings is 1. The van der Waals surface area contributed by atoms with Crippen LogP contribution in [0.5, 0.6) is 0 Å². The van der Waals surface area contributed by atoms with Crippen molar-refractivity contribution < 1.29 is 4.79 Å². The molecule has 0 atom stereocenters. The van der Waals surface area contributed by atoms with Crippen molar-refractivity contribution in [2.24, 2.45) is 0 Å². The molecule has 0 radical (unpaired) electrons. The van der Waals surface area contributed by atoms with E-state index >= 15 is 0 Å². The number of piperazine rings is 2. The van der Waals surface area contributed by atoms with Gasteiger partial charge in [0, 0.05) is 57.4 Å². The molecule has 2 fully saturated rings. The Morgan fingerprint density at radius 3 is 1.80 bits per heavy atom. The van der Waals surface area contributed by atoms with E-state index in [4.69, 9.17) is 36.0 Å². The highest BCUT2D eigenvalue weighted by Gasteiger charge is 2.33. The summed E-state index contributed by atoms with van der Waals surface area (Å²) >= 11 is 20.7. The van der Waals surface area contributed by atoms with E-state index in [0.717, 1.165) is 92.6 Å². The SMILES string of the molecule is CCCN1CCN(C(=S)SC(SC(=S)N2CCN(CCC)CC2)C(=O)c2nnn(-c3ccc(Cl)cc3)c2C)CC1. The monoisotopic (exact) mass is 639 g/mol. The molecular formula is C27H38ClN7OS4. The number of thiocarbonyl (C=S) groups is 2. The molecule has 2 aromatic rings. The molecule has 0 amide bonds. The van der Waals surface area contributed by atoms with Crippen LogP contribution < -0.4 is 0 Å². The number of rotatable bonds is 9. The number of hydrogen-bond acceptors (Lipinski definition) is 9. The van der Waals surface area contributed by atoms with Gasteiger partial charge in [-0.3, -0.25) is 14.6 Å². The highest BCUT2D eigenvalue weighted by atomic mass is 35.5. The first-order chi connectivity index (χ1) is 19.3. The summed E-state index contributed by atoms with van der Waals surface area (Å²) in [6, 6.07) is 7.32. The Balaban J connectivity index is 1.49. The van der Waals surface area contributed by atoms with Crippen LogP contribution in [0.4, 0.5) is 0 Å². The first kappa shape index (κ1) is 31.7. The van der Waals surface area contributed by atoms with Gasteiger partial charge in [0.15, 0.2) is 5.69 Å². The van der Waals surface area contributed by atoms with E-state index in [1.54, 1.807) is 16.8 Å². The second-order valence-corrected chi connectivity index (χ2v) is 14.2. The lowest BCUT2D eigenvalue weighted by molar-refractivity contribution is 0.100. The van der Waals surface area contributed by atoms with Crippen molar-refractivity contribution in [1.82, 2.24) is 34.6 Å². The van der Waals surface area contributed by atoms with Crippen LogP contribution >= 0.6 is 59.6 Å². The molecule has 1 aromatic heterocycles. The second-order valence-electron chi connectivity index (χ2n) is 10.0. The Labute approximate surface area is 262 Å². The average Bonchev–Trinajstić information content (AvgIpc) is 3.34. The van der Waals surface area contributed by atoms with Crippen LogP contribution in [0.1, 0.15) is 42.9 Å². The molecule has 4 rings (SSSR count). The summed E-state index contributed by atoms with van der Waals surface area (Å²) in [5.41, 5.74) is 1.81. The molecule has 0 aliphatic carbocycles. The second kappa shape index (κ2) is 15.3. The van der Waals surface area contributed by atoms with Crippen molar-refractivity contribution >= 4 is 74.0 Å². The Kier molecular flexibility index (Phi) is 12.1. The molecule has 218 valence electrons. The molecule has 0 saturated carbocycles. The molecule has 2 aliphatic rings. The molecule has 3 heterocycles. The third kappa shape index (κ3) is 8.17. The minimum atomic E-state index is -0.545. The summed E-state index contributed by atoms with van der Waals surface area (Å²) in [6.07, 6.45) is 2.29. The fourth-order valence-corrected chi connectivity index (χ4v) is 8.54. The van der Waals surface area contributed by atoms with Crippen molar-refractivity contribution in [3.05, 3.63) is 40.7 Å². The fraction of sp³-hybridized carbons (Fsp3) is 0.593. The molecule has 2 aliphatic heterocycles. The molecule has 13 heteroatoms. The highest BCUT2D eigenvalue weighted by Crippen LogP contribution is 2.33. The third-order valence-electron chi connectivity index (χ3n) is 7.17. The van der Waals surface area contributed by atoms with Crippen LogP contribution in [0.15, 0.2) is 24.3 Å². The van der Waals surface area contributed by atoms with Gasteiger partial charge in [-0.05, 0) is 57.1 Å². The van der Waals surface area contributed by atoms with E-state index in [2.05, 4.69) is 43.8 Å². The third-order valence-corrected chi connectivity index (χ3v) is 10.9. The van der Waals surface area contributed by atoms with Gasteiger partial charge in [0.25, 0.3) is 0 Å². The van der Waals surface area contributed by atoms with E-state index in [-0.39, 0.29) is 5.78 Å². The van der Waals surface area contributed by atoms with Crippen LogP contribution in [-0.4, -0.2) is 119 Å². The van der Waals surface area contributed by atoms with E-state index in [0.29, 0.717) is 16.4 Å². The Bertz CT molecular complexity index is 1120. The van der Waals surface area contributed by atoms with Gasteiger partial charge < -0.3 is 9.80 Å². The summed E-state index contributed by atoms with van der Waals surface area (Å²) in [5.74, 6) is -0.119. The van der Waals surface area contributed by atoms with Crippen LogP contribution in [0.25, 0.3) is 5.69 Å². The Morgan fingerprint density at radius 2 is 1.35 bits per heavy atom. The van der Waals surface area contributed by atoms with Gasteiger partial charge in [0.05, 0.1) is 11.4 Å². The van der Waals surface area contributed by atoms with E-state index in [1.165, 1.54) is 23.5 Å². The first-order valence-electron chi connectivity index (χ1n) is 13.9. The largest absolute Gasteiger partial charge is 0.355 e. The molecule has 0 unspecified atom stereocenters. The number of aromatic nitrogens is 3. The van der Waals surface area contributed by atoms with Crippen LogP contribution in [0.2, 0.25) is 5.02 Å². The number of nitrogens with zero attached hydrogens (tertiary/aromatic N) is 7. The lowest BCUT2D eigenvalue weighted by Gasteiger charge is -2.37. The number of carbonyl (C=O) groups excluding carboxylic acids is 1. The van der Waals surface area contributed by atoms with E-state index in [9.17, 15) is 4.79 Å². The topological polar surface area (TPSA) is 60.7 Å². The fourth-order valence-electron chi connectivity index (χ4n) is 4.90. The van der Waals surface area contributed by atoms with Gasteiger partial charge in [-0.25, -0.2) is 4.68 Å². The lowest BCUT2D eigenvalue weighted by atomic mass is 10.2. The molecule has 2 saturated heterocycles. The maximum Gasteiger partial charge on any atom is 0.208 e. The summed E-state index contributed by atoms with van der Waals surface area (Å²) in [6.45, 7) is 15.9. The molecule has 0 spiro atoms. The molecular weight excluding hydrogens is 602 g/mol. The average molecular weight is 640 g/mol. The van der Waals surface area contributed by atoms with Crippen LogP contribution in [0.3, 0.4) is 0 Å². The van der Waals surface area contributed by atoms with E-state index < -0.39 is 4.58 Å². The lowest BCUT2D eigenvalue weighted by Crippen LogP contribution is -2.48. The van der Waals surface area contributed by atoms with Gasteiger partial charge in [-0.1, -0.05) is 78.6 Å². The van der Waals surface area contributed by atoms with Crippen LogP contribution in [-0.2, 0) is 0 Å². The van der Waals surface area contributed by atoms with Crippen LogP contribution in [0, 0.1) is 6.92 Å². The van der Waals surface area contributed by atoms with Gasteiger partial charge in [-0.15, -0.1) is 5.10 Å². The number of ketones is 1. The Hall–Kier alpha value is -1.28. The van der Waals surface area contributed by atoms with Gasteiger partial charge >= 0.3 is 0 Å².